The molecular formula is C16H19NO2S2. The highest BCUT2D eigenvalue weighted by atomic mass is 32.2. The minimum absolute atomic E-state index is 0.0486. The fourth-order valence-electron chi connectivity index (χ4n) is 2.52. The third kappa shape index (κ3) is 3.36. The molecule has 21 heavy (non-hydrogen) atoms. The van der Waals surface area contributed by atoms with Gasteiger partial charge in [-0.3, -0.25) is 0 Å². The van der Waals surface area contributed by atoms with Crippen molar-refractivity contribution in [2.45, 2.75) is 30.9 Å². The highest BCUT2D eigenvalue weighted by Crippen LogP contribution is 2.49. The summed E-state index contributed by atoms with van der Waals surface area (Å²) in [6.45, 7) is 2.46. The number of rotatable bonds is 6. The number of thiophene rings is 1. The Labute approximate surface area is 130 Å². The van der Waals surface area contributed by atoms with Crippen molar-refractivity contribution in [3.8, 4) is 0 Å². The van der Waals surface area contributed by atoms with Crippen LogP contribution in [0, 0.1) is 6.92 Å². The van der Waals surface area contributed by atoms with Crippen LogP contribution in [0.3, 0.4) is 0 Å². The normalized spacial score (nSPS) is 16.8. The minimum atomic E-state index is -3.29. The van der Waals surface area contributed by atoms with Crippen molar-refractivity contribution in [1.29, 1.82) is 0 Å². The van der Waals surface area contributed by atoms with Crippen molar-refractivity contribution in [2.24, 2.45) is 0 Å². The van der Waals surface area contributed by atoms with Crippen molar-refractivity contribution >= 4 is 21.4 Å². The number of aryl methyl sites for hydroxylation is 1. The Morgan fingerprint density at radius 2 is 1.95 bits per heavy atom. The second kappa shape index (κ2) is 5.55. The number of nitrogens with one attached hydrogen (secondary N) is 1. The van der Waals surface area contributed by atoms with Gasteiger partial charge in [0.2, 0.25) is 10.0 Å². The van der Waals surface area contributed by atoms with Gasteiger partial charge < -0.3 is 0 Å². The third-order valence-corrected chi connectivity index (χ3v) is 6.53. The summed E-state index contributed by atoms with van der Waals surface area (Å²) in [6, 6.07) is 11.8. The largest absolute Gasteiger partial charge is 0.215 e. The van der Waals surface area contributed by atoms with Crippen LogP contribution in [0.25, 0.3) is 0 Å². The summed E-state index contributed by atoms with van der Waals surface area (Å²) in [4.78, 5) is 1.29. The summed E-state index contributed by atoms with van der Waals surface area (Å²) >= 11 is 1.71. The molecule has 0 bridgehead atoms. The zero-order valence-electron chi connectivity index (χ0n) is 12.0. The van der Waals surface area contributed by atoms with E-state index in [2.05, 4.69) is 16.2 Å². The fourth-order valence-corrected chi connectivity index (χ4v) is 4.84. The van der Waals surface area contributed by atoms with Crippen molar-refractivity contribution in [3.63, 3.8) is 0 Å². The molecule has 1 aliphatic carbocycles. The summed E-state index contributed by atoms with van der Waals surface area (Å²) in [7, 11) is -3.29. The summed E-state index contributed by atoms with van der Waals surface area (Å²) in [6.07, 6.45) is 2.14. The van der Waals surface area contributed by atoms with Crippen LogP contribution in [-0.2, 0) is 21.2 Å². The SMILES string of the molecule is Cc1ccccc1CS(=O)(=O)NCC1(c2cccs2)CC1. The number of hydrogen-bond acceptors (Lipinski definition) is 3. The van der Waals surface area contributed by atoms with Crippen LogP contribution >= 0.6 is 11.3 Å². The standard InChI is InChI=1S/C16H19NO2S2/c1-13-5-2-3-6-14(13)11-21(18,19)17-12-16(8-9-16)15-7-4-10-20-15/h2-7,10,17H,8-9,11-12H2,1H3. The van der Waals surface area contributed by atoms with Crippen LogP contribution in [0.4, 0.5) is 0 Å². The summed E-state index contributed by atoms with van der Waals surface area (Å²) < 4.78 is 27.4. The molecule has 0 aliphatic heterocycles. The zero-order valence-corrected chi connectivity index (χ0v) is 13.6. The van der Waals surface area contributed by atoms with Crippen LogP contribution in [0.1, 0.15) is 28.8 Å². The predicted octanol–water partition coefficient (Wildman–Crippen LogP) is 3.21. The molecule has 3 nitrogen and oxygen atoms in total. The molecule has 0 atom stereocenters. The molecule has 1 heterocycles. The first-order valence-electron chi connectivity index (χ1n) is 7.07. The van der Waals surface area contributed by atoms with E-state index in [4.69, 9.17) is 0 Å². The molecule has 0 amide bonds. The molecule has 0 spiro atoms. The van der Waals surface area contributed by atoms with Crippen LogP contribution in [0.15, 0.2) is 41.8 Å². The molecule has 3 rings (SSSR count). The smallest absolute Gasteiger partial charge is 0.214 e. The molecule has 1 N–H and O–H groups in total. The van der Waals surface area contributed by atoms with Crippen molar-refractivity contribution in [2.75, 3.05) is 6.54 Å². The molecule has 5 heteroatoms. The van der Waals surface area contributed by atoms with E-state index in [1.807, 2.05) is 37.3 Å². The Morgan fingerprint density at radius 1 is 1.19 bits per heavy atom. The third-order valence-electron chi connectivity index (χ3n) is 4.13. The van der Waals surface area contributed by atoms with Crippen LogP contribution in [-0.4, -0.2) is 15.0 Å². The first kappa shape index (κ1) is 14.8. The summed E-state index contributed by atoms with van der Waals surface area (Å²) in [5.74, 6) is 0.0557. The lowest BCUT2D eigenvalue weighted by atomic mass is 10.1. The fraction of sp³-hybridized carbons (Fsp3) is 0.375. The second-order valence-corrected chi connectivity index (χ2v) is 8.52. The maximum atomic E-state index is 12.3. The number of hydrogen-bond donors (Lipinski definition) is 1. The van der Waals surface area contributed by atoms with E-state index in [0.717, 1.165) is 24.0 Å². The van der Waals surface area contributed by atoms with Gasteiger partial charge in [0.05, 0.1) is 5.75 Å². The van der Waals surface area contributed by atoms with Gasteiger partial charge in [-0.15, -0.1) is 11.3 Å². The summed E-state index contributed by atoms with van der Waals surface area (Å²) in [5.41, 5.74) is 1.93. The molecule has 0 radical (unpaired) electrons. The topological polar surface area (TPSA) is 46.2 Å². The van der Waals surface area contributed by atoms with Crippen molar-refractivity contribution in [1.82, 2.24) is 4.72 Å². The average Bonchev–Trinajstić information content (AvgIpc) is 3.03. The molecule has 1 aromatic heterocycles. The maximum Gasteiger partial charge on any atom is 0.215 e. The van der Waals surface area contributed by atoms with Gasteiger partial charge >= 0.3 is 0 Å². The molecule has 1 aromatic carbocycles. The van der Waals surface area contributed by atoms with Gasteiger partial charge in [-0.05, 0) is 42.3 Å². The molecule has 112 valence electrons. The molecule has 1 saturated carbocycles. The van der Waals surface area contributed by atoms with Crippen molar-refractivity contribution in [3.05, 3.63) is 57.8 Å². The second-order valence-electron chi connectivity index (χ2n) is 5.76. The van der Waals surface area contributed by atoms with E-state index in [9.17, 15) is 8.42 Å². The van der Waals surface area contributed by atoms with Gasteiger partial charge in [-0.25, -0.2) is 13.1 Å². The lowest BCUT2D eigenvalue weighted by Gasteiger charge is -2.15. The zero-order chi connectivity index (χ0) is 14.9. The Bertz CT molecular complexity index is 716. The quantitative estimate of drug-likeness (QED) is 0.888. The molecular weight excluding hydrogens is 302 g/mol. The highest BCUT2D eigenvalue weighted by molar-refractivity contribution is 7.88. The monoisotopic (exact) mass is 321 g/mol. The molecule has 2 aromatic rings. The Kier molecular flexibility index (Phi) is 3.90. The van der Waals surface area contributed by atoms with E-state index in [1.54, 1.807) is 11.3 Å². The van der Waals surface area contributed by atoms with Gasteiger partial charge in [0.15, 0.2) is 0 Å². The molecule has 1 fully saturated rings. The van der Waals surface area contributed by atoms with Crippen LogP contribution in [0.5, 0.6) is 0 Å². The first-order chi connectivity index (χ1) is 10.0. The molecule has 0 unspecified atom stereocenters. The predicted molar refractivity (Wildman–Crippen MR) is 87.0 cm³/mol. The van der Waals surface area contributed by atoms with Gasteiger partial charge in [0.25, 0.3) is 0 Å². The highest BCUT2D eigenvalue weighted by Gasteiger charge is 2.45. The van der Waals surface area contributed by atoms with Gasteiger partial charge in [0.1, 0.15) is 0 Å². The molecule has 1 aliphatic rings. The molecule has 0 saturated heterocycles. The average molecular weight is 321 g/mol. The lowest BCUT2D eigenvalue weighted by Crippen LogP contribution is -2.32. The maximum absolute atomic E-state index is 12.3. The Balaban J connectivity index is 1.66. The number of benzene rings is 1. The van der Waals surface area contributed by atoms with E-state index in [1.165, 1.54) is 4.88 Å². The van der Waals surface area contributed by atoms with Gasteiger partial charge in [-0.1, -0.05) is 30.3 Å². The Hall–Kier alpha value is -1.17. The Morgan fingerprint density at radius 3 is 2.57 bits per heavy atom. The lowest BCUT2D eigenvalue weighted by molar-refractivity contribution is 0.568. The van der Waals surface area contributed by atoms with E-state index >= 15 is 0 Å². The van der Waals surface area contributed by atoms with Gasteiger partial charge in [0, 0.05) is 16.8 Å². The van der Waals surface area contributed by atoms with E-state index in [0.29, 0.717) is 6.54 Å². The minimum Gasteiger partial charge on any atom is -0.214 e. The van der Waals surface area contributed by atoms with Gasteiger partial charge in [-0.2, -0.15) is 0 Å². The summed E-state index contributed by atoms with van der Waals surface area (Å²) in [5, 5.41) is 2.05. The number of sulfonamides is 1. The van der Waals surface area contributed by atoms with Crippen molar-refractivity contribution < 1.29 is 8.42 Å². The van der Waals surface area contributed by atoms with E-state index < -0.39 is 10.0 Å². The van der Waals surface area contributed by atoms with Crippen LogP contribution < -0.4 is 4.72 Å². The first-order valence-corrected chi connectivity index (χ1v) is 9.60. The van der Waals surface area contributed by atoms with E-state index in [-0.39, 0.29) is 11.2 Å². The van der Waals surface area contributed by atoms with Crippen LogP contribution in [0.2, 0.25) is 0 Å².